The molecule has 1 atom stereocenters. The van der Waals surface area contributed by atoms with Gasteiger partial charge in [0.2, 0.25) is 0 Å². The summed E-state index contributed by atoms with van der Waals surface area (Å²) in [6.45, 7) is 5.67. The van der Waals surface area contributed by atoms with E-state index in [9.17, 15) is 0 Å². The van der Waals surface area contributed by atoms with Gasteiger partial charge < -0.3 is 10.1 Å². The molecule has 0 aliphatic heterocycles. The van der Waals surface area contributed by atoms with Crippen LogP contribution >= 0.6 is 11.3 Å². The van der Waals surface area contributed by atoms with Crippen molar-refractivity contribution in [3.05, 3.63) is 51.5 Å². The molecule has 0 saturated carbocycles. The first kappa shape index (κ1) is 14.2. The Bertz CT molecular complexity index is 524. The van der Waals surface area contributed by atoms with Gasteiger partial charge in [0.15, 0.2) is 0 Å². The van der Waals surface area contributed by atoms with Gasteiger partial charge in [0.05, 0.1) is 17.3 Å². The molecule has 0 amide bonds. The van der Waals surface area contributed by atoms with Crippen LogP contribution in [-0.4, -0.2) is 12.1 Å². The summed E-state index contributed by atoms with van der Waals surface area (Å²) in [7, 11) is 1.73. The van der Waals surface area contributed by atoms with E-state index in [0.717, 1.165) is 17.2 Å². The fourth-order valence-electron chi connectivity index (χ4n) is 1.97. The maximum absolute atomic E-state index is 5.22. The van der Waals surface area contributed by atoms with Crippen LogP contribution in [0.3, 0.4) is 0 Å². The van der Waals surface area contributed by atoms with Gasteiger partial charge in [0, 0.05) is 25.1 Å². The van der Waals surface area contributed by atoms with Gasteiger partial charge in [-0.3, -0.25) is 0 Å². The van der Waals surface area contributed by atoms with Crippen molar-refractivity contribution in [3.8, 4) is 0 Å². The molecule has 1 aromatic heterocycles. The minimum Gasteiger partial charge on any atom is -0.380 e. The molecule has 1 unspecified atom stereocenters. The number of rotatable bonds is 6. The van der Waals surface area contributed by atoms with Gasteiger partial charge >= 0.3 is 0 Å². The lowest BCUT2D eigenvalue weighted by Gasteiger charge is -2.14. The molecule has 0 saturated heterocycles. The van der Waals surface area contributed by atoms with E-state index in [1.54, 1.807) is 18.4 Å². The molecule has 1 aromatic carbocycles. The van der Waals surface area contributed by atoms with Crippen molar-refractivity contribution in [2.24, 2.45) is 0 Å². The maximum atomic E-state index is 5.22. The summed E-state index contributed by atoms with van der Waals surface area (Å²) < 4.78 is 5.22. The van der Waals surface area contributed by atoms with Crippen LogP contribution in [0, 0.1) is 6.92 Å². The third-order valence-corrected chi connectivity index (χ3v) is 3.89. The number of aromatic nitrogens is 1. The lowest BCUT2D eigenvalue weighted by Crippen LogP contribution is -2.19. The predicted octanol–water partition coefficient (Wildman–Crippen LogP) is 3.45. The van der Waals surface area contributed by atoms with E-state index in [4.69, 9.17) is 4.74 Å². The van der Waals surface area contributed by atoms with E-state index < -0.39 is 0 Å². The van der Waals surface area contributed by atoms with Crippen molar-refractivity contribution in [2.75, 3.05) is 7.11 Å². The van der Waals surface area contributed by atoms with Gasteiger partial charge in [0.1, 0.15) is 0 Å². The van der Waals surface area contributed by atoms with E-state index >= 15 is 0 Å². The summed E-state index contributed by atoms with van der Waals surface area (Å²) in [4.78, 5) is 4.51. The zero-order valence-electron chi connectivity index (χ0n) is 11.6. The maximum Gasteiger partial charge on any atom is 0.0898 e. The third kappa shape index (κ3) is 3.86. The zero-order chi connectivity index (χ0) is 13.7. The van der Waals surface area contributed by atoms with Crippen LogP contribution in [0.5, 0.6) is 0 Å². The van der Waals surface area contributed by atoms with Crippen molar-refractivity contribution < 1.29 is 4.74 Å². The summed E-state index contributed by atoms with van der Waals surface area (Å²) in [6, 6.07) is 8.62. The summed E-state index contributed by atoms with van der Waals surface area (Å²) in [6.07, 6.45) is 0. The van der Waals surface area contributed by atoms with Gasteiger partial charge in [-0.05, 0) is 25.0 Å². The Kier molecular flexibility index (Phi) is 5.07. The van der Waals surface area contributed by atoms with E-state index in [1.807, 2.05) is 13.0 Å². The van der Waals surface area contributed by atoms with E-state index in [0.29, 0.717) is 6.61 Å². The van der Waals surface area contributed by atoms with Crippen LogP contribution < -0.4 is 5.32 Å². The van der Waals surface area contributed by atoms with Crippen LogP contribution in [0.15, 0.2) is 29.6 Å². The average molecular weight is 276 g/mol. The Morgan fingerprint density at radius 3 is 2.68 bits per heavy atom. The highest BCUT2D eigenvalue weighted by Gasteiger charge is 2.09. The number of hydrogen-bond donors (Lipinski definition) is 1. The van der Waals surface area contributed by atoms with Crippen molar-refractivity contribution >= 4 is 11.3 Å². The molecule has 1 heterocycles. The van der Waals surface area contributed by atoms with Gasteiger partial charge in [-0.15, -0.1) is 11.3 Å². The Morgan fingerprint density at radius 1 is 1.32 bits per heavy atom. The number of nitrogens with zero attached hydrogens (tertiary/aromatic N) is 1. The molecule has 1 N–H and O–H groups in total. The molecule has 0 fully saturated rings. The number of benzene rings is 1. The number of thiazole rings is 1. The smallest absolute Gasteiger partial charge is 0.0898 e. The number of nitrogens with one attached hydrogen (secondary N) is 1. The Hall–Kier alpha value is -1.23. The molecular weight excluding hydrogens is 256 g/mol. The summed E-state index contributed by atoms with van der Waals surface area (Å²) in [5, 5.41) is 6.75. The molecule has 2 aromatic rings. The number of methoxy groups -OCH3 is 1. The second-order valence-electron chi connectivity index (χ2n) is 4.60. The topological polar surface area (TPSA) is 34.1 Å². The molecule has 0 aliphatic rings. The molecule has 4 heteroatoms. The second-order valence-corrected chi connectivity index (χ2v) is 5.66. The Balaban J connectivity index is 1.98. The highest BCUT2D eigenvalue weighted by molar-refractivity contribution is 7.09. The molecule has 0 aliphatic carbocycles. The molecule has 0 spiro atoms. The summed E-state index contributed by atoms with van der Waals surface area (Å²) in [5.74, 6) is 0. The Labute approximate surface area is 118 Å². The molecule has 0 bridgehead atoms. The summed E-state index contributed by atoms with van der Waals surface area (Å²) in [5.41, 5.74) is 3.63. The highest BCUT2D eigenvalue weighted by Crippen LogP contribution is 2.17. The van der Waals surface area contributed by atoms with Gasteiger partial charge in [-0.1, -0.05) is 24.3 Å². The molecular formula is C15H20N2OS. The van der Waals surface area contributed by atoms with Crippen molar-refractivity contribution in [1.82, 2.24) is 10.3 Å². The number of hydrogen-bond acceptors (Lipinski definition) is 4. The summed E-state index contributed by atoms with van der Waals surface area (Å²) >= 11 is 1.69. The van der Waals surface area contributed by atoms with Crippen LogP contribution in [0.1, 0.15) is 34.8 Å². The molecule has 102 valence electrons. The van der Waals surface area contributed by atoms with Crippen LogP contribution in [0.4, 0.5) is 0 Å². The average Bonchev–Trinajstić information content (AvgIpc) is 2.84. The minimum absolute atomic E-state index is 0.264. The quantitative estimate of drug-likeness (QED) is 0.877. The molecule has 3 nitrogen and oxygen atoms in total. The fraction of sp³-hybridized carbons (Fsp3) is 0.400. The fourth-order valence-corrected chi connectivity index (χ4v) is 2.68. The van der Waals surface area contributed by atoms with Gasteiger partial charge in [0.25, 0.3) is 0 Å². The largest absolute Gasteiger partial charge is 0.380 e. The molecule has 0 radical (unpaired) electrons. The number of ether oxygens (including phenoxy) is 1. The SMILES string of the molecule is COCc1ccccc1CNC(C)c1csc(C)n1. The first-order valence-electron chi connectivity index (χ1n) is 6.42. The normalized spacial score (nSPS) is 12.6. The van der Waals surface area contributed by atoms with Crippen molar-refractivity contribution in [1.29, 1.82) is 0 Å². The van der Waals surface area contributed by atoms with Crippen LogP contribution in [0.25, 0.3) is 0 Å². The van der Waals surface area contributed by atoms with Crippen molar-refractivity contribution in [3.63, 3.8) is 0 Å². The molecule has 2 rings (SSSR count). The standard InChI is InChI=1S/C15H20N2OS/c1-11(15-10-19-12(2)17-15)16-8-13-6-4-5-7-14(13)9-18-3/h4-7,10-11,16H,8-9H2,1-3H3. The van der Waals surface area contributed by atoms with E-state index in [2.05, 4.69) is 40.8 Å². The number of aryl methyl sites for hydroxylation is 1. The van der Waals surface area contributed by atoms with Crippen LogP contribution in [-0.2, 0) is 17.9 Å². The minimum atomic E-state index is 0.264. The van der Waals surface area contributed by atoms with Gasteiger partial charge in [-0.25, -0.2) is 4.98 Å². The van der Waals surface area contributed by atoms with Gasteiger partial charge in [-0.2, -0.15) is 0 Å². The Morgan fingerprint density at radius 2 is 2.05 bits per heavy atom. The third-order valence-electron chi connectivity index (χ3n) is 3.10. The van der Waals surface area contributed by atoms with Crippen LogP contribution in [0.2, 0.25) is 0 Å². The van der Waals surface area contributed by atoms with E-state index in [-0.39, 0.29) is 6.04 Å². The monoisotopic (exact) mass is 276 g/mol. The zero-order valence-corrected chi connectivity index (χ0v) is 12.5. The lowest BCUT2D eigenvalue weighted by atomic mass is 10.1. The first-order chi connectivity index (χ1) is 9.20. The highest BCUT2D eigenvalue weighted by atomic mass is 32.1. The predicted molar refractivity (Wildman–Crippen MR) is 79.3 cm³/mol. The second kappa shape index (κ2) is 6.80. The first-order valence-corrected chi connectivity index (χ1v) is 7.30. The lowest BCUT2D eigenvalue weighted by molar-refractivity contribution is 0.184. The van der Waals surface area contributed by atoms with E-state index in [1.165, 1.54) is 11.1 Å². The molecule has 19 heavy (non-hydrogen) atoms. The van der Waals surface area contributed by atoms with Crippen molar-refractivity contribution in [2.45, 2.75) is 33.0 Å².